The number of carbonyl (C=O) groups is 1. The number of hydrogen-bond donors (Lipinski definition) is 0. The van der Waals surface area contributed by atoms with Crippen LogP contribution in [0.4, 0.5) is 0 Å². The third-order valence-corrected chi connectivity index (χ3v) is 5.08. The molecule has 0 saturated heterocycles. The van der Waals surface area contributed by atoms with Gasteiger partial charge in [-0.3, -0.25) is 4.79 Å². The number of benzene rings is 1. The van der Waals surface area contributed by atoms with E-state index in [1.54, 1.807) is 12.1 Å². The number of nitrogens with zero attached hydrogens (tertiary/aromatic N) is 1. The van der Waals surface area contributed by atoms with Gasteiger partial charge >= 0.3 is 10.1 Å². The summed E-state index contributed by atoms with van der Waals surface area (Å²) in [6, 6.07) is 6.91. The second kappa shape index (κ2) is 11.3. The van der Waals surface area contributed by atoms with Crippen molar-refractivity contribution in [3.8, 4) is 5.75 Å². The van der Waals surface area contributed by atoms with Gasteiger partial charge in [0.1, 0.15) is 5.75 Å². The molecule has 1 rings (SSSR count). The molecule has 0 radical (unpaired) electrons. The maximum Gasteiger partial charge on any atom is 0.306 e. The van der Waals surface area contributed by atoms with Gasteiger partial charge in [-0.15, -0.1) is 0 Å². The molecule has 0 heterocycles. The van der Waals surface area contributed by atoms with Crippen LogP contribution in [0, 0.1) is 11.8 Å². The van der Waals surface area contributed by atoms with Crippen LogP contribution in [0.25, 0.3) is 0 Å². The summed E-state index contributed by atoms with van der Waals surface area (Å²) in [5, 5.41) is 0. The molecule has 0 spiro atoms. The molecule has 0 bridgehead atoms. The number of unbranched alkanes of at least 4 members (excludes halogenated alkanes) is 1. The van der Waals surface area contributed by atoms with Gasteiger partial charge in [-0.25, -0.2) is 0 Å². The molecule has 0 unspecified atom stereocenters. The fourth-order valence-electron chi connectivity index (χ4n) is 2.94. The van der Waals surface area contributed by atoms with Gasteiger partial charge in [0.05, 0.1) is 6.26 Å². The standard InChI is InChI=1S/C21H35NO4S/c1-6-8-9-19(7-2)21(23)22(15-14-17(3)4)16-18-10-12-20(13-11-18)26-27(5,24)25/h10-13,17,19H,6-9,14-16H2,1-5H3/t19-/m0/s1. The van der Waals surface area contributed by atoms with E-state index in [0.29, 0.717) is 12.5 Å². The lowest BCUT2D eigenvalue weighted by Gasteiger charge is -2.28. The zero-order chi connectivity index (χ0) is 20.4. The molecule has 5 nitrogen and oxygen atoms in total. The maximum atomic E-state index is 13.1. The van der Waals surface area contributed by atoms with Crippen LogP contribution in [-0.4, -0.2) is 32.0 Å². The van der Waals surface area contributed by atoms with E-state index >= 15 is 0 Å². The SMILES string of the molecule is CCCC[C@H](CC)C(=O)N(CCC(C)C)Cc1ccc(OS(C)(=O)=O)cc1. The van der Waals surface area contributed by atoms with E-state index in [1.807, 2.05) is 17.0 Å². The molecule has 27 heavy (non-hydrogen) atoms. The first-order chi connectivity index (χ1) is 12.7. The Kier molecular flexibility index (Phi) is 9.84. The molecule has 0 aliphatic heterocycles. The second-order valence-corrected chi connectivity index (χ2v) is 9.20. The highest BCUT2D eigenvalue weighted by atomic mass is 32.2. The van der Waals surface area contributed by atoms with Crippen molar-refractivity contribution in [3.63, 3.8) is 0 Å². The van der Waals surface area contributed by atoms with Crippen molar-refractivity contribution in [1.82, 2.24) is 4.90 Å². The highest BCUT2D eigenvalue weighted by Gasteiger charge is 2.22. The van der Waals surface area contributed by atoms with Crippen LogP contribution in [0.15, 0.2) is 24.3 Å². The summed E-state index contributed by atoms with van der Waals surface area (Å²) in [6.45, 7) is 9.82. The Hall–Kier alpha value is -1.56. The largest absolute Gasteiger partial charge is 0.383 e. The van der Waals surface area contributed by atoms with E-state index < -0.39 is 10.1 Å². The Morgan fingerprint density at radius 2 is 1.74 bits per heavy atom. The minimum atomic E-state index is -3.53. The van der Waals surface area contributed by atoms with Crippen molar-refractivity contribution in [3.05, 3.63) is 29.8 Å². The molecule has 154 valence electrons. The Morgan fingerprint density at radius 1 is 1.11 bits per heavy atom. The summed E-state index contributed by atoms with van der Waals surface area (Å²) in [5.74, 6) is 1.12. The smallest absolute Gasteiger partial charge is 0.306 e. The van der Waals surface area contributed by atoms with Gasteiger partial charge in [0.25, 0.3) is 0 Å². The van der Waals surface area contributed by atoms with Gasteiger partial charge in [-0.1, -0.05) is 52.7 Å². The van der Waals surface area contributed by atoms with Crippen LogP contribution in [0.5, 0.6) is 5.75 Å². The van der Waals surface area contributed by atoms with Crippen LogP contribution in [0.3, 0.4) is 0 Å². The molecule has 1 amide bonds. The summed E-state index contributed by atoms with van der Waals surface area (Å²) in [4.78, 5) is 15.0. The molecule has 0 aliphatic rings. The summed E-state index contributed by atoms with van der Waals surface area (Å²) >= 11 is 0. The Morgan fingerprint density at radius 3 is 2.22 bits per heavy atom. The number of hydrogen-bond acceptors (Lipinski definition) is 4. The third kappa shape index (κ3) is 9.27. The lowest BCUT2D eigenvalue weighted by Crippen LogP contribution is -2.36. The summed E-state index contributed by atoms with van der Waals surface area (Å²) in [6.07, 6.45) is 5.94. The van der Waals surface area contributed by atoms with Crippen molar-refractivity contribution >= 4 is 16.0 Å². The highest BCUT2D eigenvalue weighted by molar-refractivity contribution is 7.86. The van der Waals surface area contributed by atoms with Crippen LogP contribution in [-0.2, 0) is 21.5 Å². The van der Waals surface area contributed by atoms with Crippen molar-refractivity contribution in [2.45, 2.75) is 66.3 Å². The average Bonchev–Trinajstić information content (AvgIpc) is 2.59. The molecule has 0 fully saturated rings. The Labute approximate surface area is 165 Å². The van der Waals surface area contributed by atoms with E-state index in [4.69, 9.17) is 4.18 Å². The monoisotopic (exact) mass is 397 g/mol. The molecule has 6 heteroatoms. The van der Waals surface area contributed by atoms with Gasteiger partial charge in [0.2, 0.25) is 5.91 Å². The van der Waals surface area contributed by atoms with E-state index in [9.17, 15) is 13.2 Å². The first-order valence-corrected chi connectivity index (χ1v) is 11.7. The molecule has 0 aromatic heterocycles. The third-order valence-electron chi connectivity index (χ3n) is 4.58. The Bertz CT molecular complexity index is 668. The van der Waals surface area contributed by atoms with Gasteiger partial charge in [0.15, 0.2) is 0 Å². The fraction of sp³-hybridized carbons (Fsp3) is 0.667. The van der Waals surface area contributed by atoms with Crippen LogP contribution >= 0.6 is 0 Å². The van der Waals surface area contributed by atoms with E-state index in [2.05, 4.69) is 27.7 Å². The van der Waals surface area contributed by atoms with Gasteiger partial charge in [0, 0.05) is 19.0 Å². The summed E-state index contributed by atoms with van der Waals surface area (Å²) in [7, 11) is -3.53. The molecule has 0 saturated carbocycles. The summed E-state index contributed by atoms with van der Waals surface area (Å²) in [5.41, 5.74) is 0.971. The van der Waals surface area contributed by atoms with Crippen LogP contribution in [0.1, 0.15) is 65.4 Å². The van der Waals surface area contributed by atoms with E-state index in [0.717, 1.165) is 50.5 Å². The van der Waals surface area contributed by atoms with Crippen molar-refractivity contribution < 1.29 is 17.4 Å². The first kappa shape index (κ1) is 23.5. The topological polar surface area (TPSA) is 63.7 Å². The van der Waals surface area contributed by atoms with Gasteiger partial charge in [-0.05, 0) is 42.9 Å². The number of rotatable bonds is 12. The van der Waals surface area contributed by atoms with Gasteiger partial charge < -0.3 is 9.08 Å². The molecule has 0 aliphatic carbocycles. The molecule has 1 atom stereocenters. The molecule has 0 N–H and O–H groups in total. The molecule has 1 aromatic carbocycles. The fourth-order valence-corrected chi connectivity index (χ4v) is 3.40. The minimum absolute atomic E-state index is 0.0740. The molecule has 1 aromatic rings. The molecular weight excluding hydrogens is 362 g/mol. The maximum absolute atomic E-state index is 13.1. The van der Waals surface area contributed by atoms with Crippen molar-refractivity contribution in [1.29, 1.82) is 0 Å². The zero-order valence-corrected chi connectivity index (χ0v) is 18.2. The molecular formula is C21H35NO4S. The van der Waals surface area contributed by atoms with E-state index in [1.165, 1.54) is 0 Å². The van der Waals surface area contributed by atoms with Gasteiger partial charge in [-0.2, -0.15) is 8.42 Å². The second-order valence-electron chi connectivity index (χ2n) is 7.62. The highest BCUT2D eigenvalue weighted by Crippen LogP contribution is 2.20. The quantitative estimate of drug-likeness (QED) is 0.483. The zero-order valence-electron chi connectivity index (χ0n) is 17.4. The lowest BCUT2D eigenvalue weighted by atomic mass is 9.97. The lowest BCUT2D eigenvalue weighted by molar-refractivity contribution is -0.136. The predicted molar refractivity (Wildman–Crippen MR) is 110 cm³/mol. The average molecular weight is 398 g/mol. The number of carbonyl (C=O) groups excluding carboxylic acids is 1. The van der Waals surface area contributed by atoms with Crippen molar-refractivity contribution in [2.24, 2.45) is 11.8 Å². The minimum Gasteiger partial charge on any atom is -0.383 e. The summed E-state index contributed by atoms with van der Waals surface area (Å²) < 4.78 is 27.3. The van der Waals surface area contributed by atoms with E-state index in [-0.39, 0.29) is 17.6 Å². The first-order valence-electron chi connectivity index (χ1n) is 9.93. The van der Waals surface area contributed by atoms with Crippen LogP contribution < -0.4 is 4.18 Å². The van der Waals surface area contributed by atoms with Crippen molar-refractivity contribution in [2.75, 3.05) is 12.8 Å². The normalized spacial score (nSPS) is 12.8. The van der Waals surface area contributed by atoms with Crippen LogP contribution in [0.2, 0.25) is 0 Å². The predicted octanol–water partition coefficient (Wildman–Crippen LogP) is 4.62. The Balaban J connectivity index is 2.88. The number of amides is 1.